The zero-order chi connectivity index (χ0) is 22.6. The van der Waals surface area contributed by atoms with Crippen molar-refractivity contribution in [3.8, 4) is 5.75 Å². The molecule has 1 aromatic heterocycles. The molecule has 0 saturated carbocycles. The fraction of sp³-hybridized carbons (Fsp3) is 0.250. The number of hydrogen-bond donors (Lipinski definition) is 2. The van der Waals surface area contributed by atoms with Gasteiger partial charge in [0.05, 0.1) is 13.7 Å². The van der Waals surface area contributed by atoms with Crippen molar-refractivity contribution in [2.24, 2.45) is 0 Å². The predicted octanol–water partition coefficient (Wildman–Crippen LogP) is 4.48. The van der Waals surface area contributed by atoms with Gasteiger partial charge in [0, 0.05) is 42.7 Å². The molecule has 5 rings (SSSR count). The summed E-state index contributed by atoms with van der Waals surface area (Å²) >= 11 is 0. The highest BCUT2D eigenvalue weighted by Crippen LogP contribution is 2.31. The Bertz CT molecular complexity index is 1250. The minimum atomic E-state index is 0.0399. The summed E-state index contributed by atoms with van der Waals surface area (Å²) in [4.78, 5) is 18.5. The predicted molar refractivity (Wildman–Crippen MR) is 132 cm³/mol. The molecular weight excluding hydrogens is 410 g/mol. The summed E-state index contributed by atoms with van der Waals surface area (Å²) in [5.74, 6) is 0.927. The molecule has 0 radical (unpaired) electrons. The Labute approximate surface area is 194 Å². The average molecular weight is 440 g/mol. The van der Waals surface area contributed by atoms with E-state index in [1.807, 2.05) is 18.2 Å². The minimum absolute atomic E-state index is 0.0399. The van der Waals surface area contributed by atoms with Crippen molar-refractivity contribution < 1.29 is 9.53 Å². The first-order valence-electron chi connectivity index (χ1n) is 11.5. The van der Waals surface area contributed by atoms with Gasteiger partial charge in [-0.25, -0.2) is 0 Å². The molecule has 5 nitrogen and oxygen atoms in total. The third kappa shape index (κ3) is 4.64. The van der Waals surface area contributed by atoms with Crippen LogP contribution in [0.15, 0.2) is 79.0 Å². The van der Waals surface area contributed by atoms with Gasteiger partial charge in [-0.3, -0.25) is 9.69 Å². The maximum Gasteiger partial charge on any atom is 0.234 e. The quantitative estimate of drug-likeness (QED) is 0.446. The first kappa shape index (κ1) is 21.3. The molecule has 1 aliphatic heterocycles. The van der Waals surface area contributed by atoms with Gasteiger partial charge in [0.2, 0.25) is 5.91 Å². The lowest BCUT2D eigenvalue weighted by molar-refractivity contribution is -0.122. The van der Waals surface area contributed by atoms with Crippen molar-refractivity contribution in [2.45, 2.75) is 18.9 Å². The van der Waals surface area contributed by atoms with Crippen LogP contribution in [0.25, 0.3) is 10.9 Å². The van der Waals surface area contributed by atoms with Gasteiger partial charge in [0.25, 0.3) is 0 Å². The van der Waals surface area contributed by atoms with Crippen molar-refractivity contribution >= 4 is 16.8 Å². The van der Waals surface area contributed by atoms with E-state index in [0.717, 1.165) is 36.3 Å². The summed E-state index contributed by atoms with van der Waals surface area (Å²) < 4.78 is 5.34. The smallest absolute Gasteiger partial charge is 0.234 e. The molecular formula is C28H29N3O2. The van der Waals surface area contributed by atoms with E-state index in [2.05, 4.69) is 76.0 Å². The third-order valence-electron chi connectivity index (χ3n) is 6.60. The number of aromatic amines is 1. The number of hydrogen-bond acceptors (Lipinski definition) is 3. The van der Waals surface area contributed by atoms with Gasteiger partial charge in [-0.05, 0) is 46.9 Å². The normalized spacial score (nSPS) is 14.6. The molecule has 1 aliphatic rings. The van der Waals surface area contributed by atoms with Crippen molar-refractivity contribution in [3.63, 3.8) is 0 Å². The Morgan fingerprint density at radius 2 is 1.79 bits per heavy atom. The number of carbonyl (C=O) groups is 1. The van der Waals surface area contributed by atoms with E-state index >= 15 is 0 Å². The molecule has 0 fully saturated rings. The number of ether oxygens (including phenoxy) is 1. The SMILES string of the molecule is COc1ccc([C@H](CNC(=O)CN2CCc3ccccc3C2)c2c[nH]c3ccccc23)cc1. The Morgan fingerprint density at radius 1 is 1.03 bits per heavy atom. The Kier molecular flexibility index (Phi) is 6.13. The van der Waals surface area contributed by atoms with E-state index in [0.29, 0.717) is 13.1 Å². The molecule has 0 unspecified atom stereocenters. The summed E-state index contributed by atoms with van der Waals surface area (Å²) in [6.45, 7) is 2.69. The molecule has 4 aromatic rings. The van der Waals surface area contributed by atoms with Crippen LogP contribution in [0.2, 0.25) is 0 Å². The summed E-state index contributed by atoms with van der Waals surface area (Å²) in [7, 11) is 1.67. The molecule has 0 bridgehead atoms. The molecule has 168 valence electrons. The van der Waals surface area contributed by atoms with Crippen LogP contribution in [-0.2, 0) is 17.8 Å². The van der Waals surface area contributed by atoms with Crippen LogP contribution in [0, 0.1) is 0 Å². The van der Waals surface area contributed by atoms with Crippen molar-refractivity contribution in [1.29, 1.82) is 0 Å². The maximum absolute atomic E-state index is 12.9. The van der Waals surface area contributed by atoms with Crippen LogP contribution in [0.5, 0.6) is 5.75 Å². The molecule has 3 aromatic carbocycles. The number of H-pyrrole nitrogens is 1. The van der Waals surface area contributed by atoms with Crippen LogP contribution in [0.1, 0.15) is 28.2 Å². The second-order valence-corrected chi connectivity index (χ2v) is 8.65. The van der Waals surface area contributed by atoms with Gasteiger partial charge in [-0.1, -0.05) is 54.6 Å². The Balaban J connectivity index is 1.31. The number of benzene rings is 3. The van der Waals surface area contributed by atoms with Crippen LogP contribution >= 0.6 is 0 Å². The molecule has 0 saturated heterocycles. The van der Waals surface area contributed by atoms with Crippen molar-refractivity contribution in [2.75, 3.05) is 26.7 Å². The highest BCUT2D eigenvalue weighted by atomic mass is 16.5. The number of amides is 1. The van der Waals surface area contributed by atoms with Crippen LogP contribution < -0.4 is 10.1 Å². The fourth-order valence-corrected chi connectivity index (χ4v) is 4.79. The zero-order valence-corrected chi connectivity index (χ0v) is 18.9. The molecule has 33 heavy (non-hydrogen) atoms. The first-order valence-corrected chi connectivity index (χ1v) is 11.5. The molecule has 2 heterocycles. The molecule has 1 amide bonds. The molecule has 5 heteroatoms. The number of para-hydroxylation sites is 1. The van der Waals surface area contributed by atoms with Gasteiger partial charge in [0.1, 0.15) is 5.75 Å². The molecule has 1 atom stereocenters. The van der Waals surface area contributed by atoms with Gasteiger partial charge in [-0.2, -0.15) is 0 Å². The topological polar surface area (TPSA) is 57.4 Å². The largest absolute Gasteiger partial charge is 0.497 e. The number of rotatable bonds is 7. The van der Waals surface area contributed by atoms with Crippen LogP contribution in [0.4, 0.5) is 0 Å². The van der Waals surface area contributed by atoms with Gasteiger partial charge < -0.3 is 15.0 Å². The second kappa shape index (κ2) is 9.51. The standard InChI is InChI=1S/C28H29N3O2/c1-33-23-12-10-21(11-13-23)25(26-17-29-27-9-5-4-8-24(26)27)16-30-28(32)19-31-15-14-20-6-2-3-7-22(20)18-31/h2-13,17,25,29H,14-16,18-19H2,1H3,(H,30,32)/t25-/m0/s1. The van der Waals surface area contributed by atoms with Crippen LogP contribution in [-0.4, -0.2) is 42.5 Å². The summed E-state index contributed by atoms with van der Waals surface area (Å²) in [5.41, 5.74) is 6.15. The first-order chi connectivity index (χ1) is 16.2. The maximum atomic E-state index is 12.9. The van der Waals surface area contributed by atoms with Gasteiger partial charge in [-0.15, -0.1) is 0 Å². The number of nitrogens with one attached hydrogen (secondary N) is 2. The number of fused-ring (bicyclic) bond motifs is 2. The van der Waals surface area contributed by atoms with Gasteiger partial charge >= 0.3 is 0 Å². The Hall–Kier alpha value is -3.57. The van der Waals surface area contributed by atoms with E-state index in [1.54, 1.807) is 7.11 Å². The summed E-state index contributed by atoms with van der Waals surface area (Å²) in [6, 6.07) is 24.9. The zero-order valence-electron chi connectivity index (χ0n) is 18.9. The van der Waals surface area contributed by atoms with E-state index in [-0.39, 0.29) is 11.8 Å². The lowest BCUT2D eigenvalue weighted by Gasteiger charge is -2.28. The third-order valence-corrected chi connectivity index (χ3v) is 6.60. The summed E-state index contributed by atoms with van der Waals surface area (Å²) in [6.07, 6.45) is 3.06. The monoisotopic (exact) mass is 439 g/mol. The van der Waals surface area contributed by atoms with Gasteiger partial charge in [0.15, 0.2) is 0 Å². The van der Waals surface area contributed by atoms with Crippen molar-refractivity contribution in [3.05, 3.63) is 101 Å². The highest BCUT2D eigenvalue weighted by Gasteiger charge is 2.21. The Morgan fingerprint density at radius 3 is 2.61 bits per heavy atom. The molecule has 2 N–H and O–H groups in total. The highest BCUT2D eigenvalue weighted by molar-refractivity contribution is 5.84. The number of methoxy groups -OCH3 is 1. The second-order valence-electron chi connectivity index (χ2n) is 8.65. The van der Waals surface area contributed by atoms with Crippen LogP contribution in [0.3, 0.4) is 0 Å². The summed E-state index contributed by atoms with van der Waals surface area (Å²) in [5, 5.41) is 4.39. The fourth-order valence-electron chi connectivity index (χ4n) is 4.79. The number of nitrogens with zero attached hydrogens (tertiary/aromatic N) is 1. The molecule has 0 spiro atoms. The average Bonchev–Trinajstić information content (AvgIpc) is 3.28. The van der Waals surface area contributed by atoms with E-state index in [4.69, 9.17) is 4.74 Å². The minimum Gasteiger partial charge on any atom is -0.497 e. The lowest BCUT2D eigenvalue weighted by atomic mass is 9.90. The lowest BCUT2D eigenvalue weighted by Crippen LogP contribution is -2.41. The number of carbonyl (C=O) groups excluding carboxylic acids is 1. The van der Waals surface area contributed by atoms with E-state index in [1.165, 1.54) is 22.1 Å². The van der Waals surface area contributed by atoms with E-state index in [9.17, 15) is 4.79 Å². The van der Waals surface area contributed by atoms with Crippen molar-refractivity contribution in [1.82, 2.24) is 15.2 Å². The molecule has 0 aliphatic carbocycles. The number of aromatic nitrogens is 1. The van der Waals surface area contributed by atoms with E-state index < -0.39 is 0 Å².